The number of aromatic nitrogens is 4. The molecular formula is C19H20N6O2. The first-order valence-electron chi connectivity index (χ1n) is 8.82. The fourth-order valence-electron chi connectivity index (χ4n) is 3.09. The number of rotatable bonds is 5. The topological polar surface area (TPSA) is 119 Å². The van der Waals surface area contributed by atoms with Gasteiger partial charge in [-0.1, -0.05) is 24.3 Å². The molecule has 1 unspecified atom stereocenters. The molecule has 3 aromatic rings. The van der Waals surface area contributed by atoms with Crippen LogP contribution in [0.3, 0.4) is 0 Å². The molecular weight excluding hydrogens is 344 g/mol. The lowest BCUT2D eigenvalue weighted by molar-refractivity contribution is 0.0924. The Balaban J connectivity index is 1.62. The molecule has 0 radical (unpaired) electrons. The van der Waals surface area contributed by atoms with Gasteiger partial charge in [-0.15, -0.1) is 0 Å². The van der Waals surface area contributed by atoms with Crippen LogP contribution in [-0.4, -0.2) is 43.9 Å². The highest BCUT2D eigenvalue weighted by Crippen LogP contribution is 2.23. The summed E-state index contributed by atoms with van der Waals surface area (Å²) < 4.78 is 1.70. The van der Waals surface area contributed by atoms with Crippen molar-refractivity contribution in [3.05, 3.63) is 53.9 Å². The summed E-state index contributed by atoms with van der Waals surface area (Å²) >= 11 is 0. The van der Waals surface area contributed by atoms with Gasteiger partial charge in [-0.2, -0.15) is 5.10 Å². The first kappa shape index (κ1) is 17.3. The van der Waals surface area contributed by atoms with Crippen molar-refractivity contribution in [1.29, 1.82) is 0 Å². The van der Waals surface area contributed by atoms with Gasteiger partial charge in [0, 0.05) is 31.0 Å². The maximum absolute atomic E-state index is 11.9. The molecule has 1 amide bonds. The predicted molar refractivity (Wildman–Crippen MR) is 99.7 cm³/mol. The highest BCUT2D eigenvalue weighted by molar-refractivity contribution is 5.94. The summed E-state index contributed by atoms with van der Waals surface area (Å²) in [6, 6.07) is 11.0. The standard InChI is InChI=1S/C19H20N6O2/c20-14(6-10-26)12-1-3-13(4-2-12)18-21-7-5-15(23-18)16-11-17-19(27)22-8-9-25(17)24-16/h1-5,7,11,14,26H,6,8-10,20H2,(H,22,27). The summed E-state index contributed by atoms with van der Waals surface area (Å²) in [4.78, 5) is 20.9. The van der Waals surface area contributed by atoms with Gasteiger partial charge < -0.3 is 16.2 Å². The first-order chi connectivity index (χ1) is 13.2. The lowest BCUT2D eigenvalue weighted by Crippen LogP contribution is -2.35. The quantitative estimate of drug-likeness (QED) is 0.624. The van der Waals surface area contributed by atoms with Crippen LogP contribution in [0.4, 0.5) is 0 Å². The third-order valence-electron chi connectivity index (χ3n) is 4.58. The fourth-order valence-corrected chi connectivity index (χ4v) is 3.09. The third kappa shape index (κ3) is 3.44. The van der Waals surface area contributed by atoms with Crippen LogP contribution >= 0.6 is 0 Å². The molecule has 8 heteroatoms. The van der Waals surface area contributed by atoms with Crippen molar-refractivity contribution in [3.63, 3.8) is 0 Å². The summed E-state index contributed by atoms with van der Waals surface area (Å²) in [5.41, 5.74) is 9.68. The van der Waals surface area contributed by atoms with Crippen LogP contribution in [0.2, 0.25) is 0 Å². The zero-order valence-electron chi connectivity index (χ0n) is 14.7. The molecule has 0 saturated carbocycles. The smallest absolute Gasteiger partial charge is 0.269 e. The average Bonchev–Trinajstić information content (AvgIpc) is 3.14. The second-order valence-electron chi connectivity index (χ2n) is 6.40. The van der Waals surface area contributed by atoms with Crippen LogP contribution in [0.25, 0.3) is 22.8 Å². The Morgan fingerprint density at radius 1 is 1.22 bits per heavy atom. The Hall–Kier alpha value is -3.10. The van der Waals surface area contributed by atoms with Crippen LogP contribution in [0, 0.1) is 0 Å². The van der Waals surface area contributed by atoms with Crippen LogP contribution < -0.4 is 11.1 Å². The van der Waals surface area contributed by atoms with Gasteiger partial charge in [0.25, 0.3) is 5.91 Å². The number of benzene rings is 1. The first-order valence-corrected chi connectivity index (χ1v) is 8.82. The number of nitrogens with two attached hydrogens (primary N) is 1. The van der Waals surface area contributed by atoms with E-state index in [9.17, 15) is 4.79 Å². The number of carbonyl (C=O) groups excluding carboxylic acids is 1. The monoisotopic (exact) mass is 364 g/mol. The van der Waals surface area contributed by atoms with Crippen molar-refractivity contribution < 1.29 is 9.90 Å². The molecule has 1 atom stereocenters. The molecule has 0 spiro atoms. The number of hydrogen-bond donors (Lipinski definition) is 3. The molecule has 4 N–H and O–H groups in total. The fraction of sp³-hybridized carbons (Fsp3) is 0.263. The van der Waals surface area contributed by atoms with Crippen LogP contribution in [0.15, 0.2) is 42.6 Å². The lowest BCUT2D eigenvalue weighted by Gasteiger charge is -2.13. The Labute approximate surface area is 156 Å². The van der Waals surface area contributed by atoms with E-state index in [0.29, 0.717) is 42.4 Å². The maximum atomic E-state index is 11.9. The van der Waals surface area contributed by atoms with Crippen molar-refractivity contribution in [2.24, 2.45) is 5.73 Å². The van der Waals surface area contributed by atoms with Gasteiger partial charge in [0.2, 0.25) is 0 Å². The molecule has 0 bridgehead atoms. The minimum atomic E-state index is -0.195. The average molecular weight is 364 g/mol. The van der Waals surface area contributed by atoms with E-state index in [0.717, 1.165) is 11.1 Å². The number of aliphatic hydroxyl groups is 1. The summed E-state index contributed by atoms with van der Waals surface area (Å²) in [5, 5.41) is 16.3. The van der Waals surface area contributed by atoms with Gasteiger partial charge in [-0.25, -0.2) is 9.97 Å². The van der Waals surface area contributed by atoms with Crippen LogP contribution in [-0.2, 0) is 6.54 Å². The lowest BCUT2D eigenvalue weighted by atomic mass is 10.0. The highest BCUT2D eigenvalue weighted by atomic mass is 16.3. The zero-order chi connectivity index (χ0) is 18.8. The molecule has 27 heavy (non-hydrogen) atoms. The van der Waals surface area contributed by atoms with E-state index >= 15 is 0 Å². The molecule has 3 heterocycles. The molecule has 138 valence electrons. The van der Waals surface area contributed by atoms with Crippen molar-refractivity contribution >= 4 is 5.91 Å². The second kappa shape index (κ2) is 7.26. The molecule has 1 aliphatic rings. The molecule has 1 aliphatic heterocycles. The molecule has 8 nitrogen and oxygen atoms in total. The number of nitrogens with zero attached hydrogens (tertiary/aromatic N) is 4. The second-order valence-corrected chi connectivity index (χ2v) is 6.40. The van der Waals surface area contributed by atoms with Gasteiger partial charge >= 0.3 is 0 Å². The van der Waals surface area contributed by atoms with E-state index in [2.05, 4.69) is 20.4 Å². The number of hydrogen-bond acceptors (Lipinski definition) is 6. The molecule has 2 aromatic heterocycles. The van der Waals surface area contributed by atoms with Gasteiger partial charge in [0.15, 0.2) is 5.82 Å². The molecule has 1 aromatic carbocycles. The van der Waals surface area contributed by atoms with Gasteiger partial charge in [-0.3, -0.25) is 9.48 Å². The van der Waals surface area contributed by atoms with E-state index in [1.165, 1.54) is 0 Å². The van der Waals surface area contributed by atoms with E-state index in [1.54, 1.807) is 23.0 Å². The SMILES string of the molecule is NC(CCO)c1ccc(-c2nccc(-c3cc4n(n3)CCNC4=O)n2)cc1. The summed E-state index contributed by atoms with van der Waals surface area (Å²) in [6.45, 7) is 1.28. The Bertz CT molecular complexity index is 967. The van der Waals surface area contributed by atoms with E-state index in [1.807, 2.05) is 24.3 Å². The molecule has 0 aliphatic carbocycles. The molecule has 0 saturated heterocycles. The third-order valence-corrected chi connectivity index (χ3v) is 4.58. The minimum absolute atomic E-state index is 0.0563. The highest BCUT2D eigenvalue weighted by Gasteiger charge is 2.20. The number of nitrogens with one attached hydrogen (secondary N) is 1. The Morgan fingerprint density at radius 3 is 2.78 bits per heavy atom. The predicted octanol–water partition coefficient (Wildman–Crippen LogP) is 1.13. The minimum Gasteiger partial charge on any atom is -0.396 e. The largest absolute Gasteiger partial charge is 0.396 e. The van der Waals surface area contributed by atoms with Gasteiger partial charge in [0.05, 0.1) is 12.2 Å². The Kier molecular flexibility index (Phi) is 4.66. The molecule has 4 rings (SSSR count). The van der Waals surface area contributed by atoms with Gasteiger partial charge in [0.1, 0.15) is 11.4 Å². The van der Waals surface area contributed by atoms with Crippen molar-refractivity contribution in [3.8, 4) is 22.8 Å². The summed E-state index contributed by atoms with van der Waals surface area (Å²) in [5.74, 6) is 0.453. The van der Waals surface area contributed by atoms with Gasteiger partial charge in [-0.05, 0) is 24.1 Å². The van der Waals surface area contributed by atoms with Crippen molar-refractivity contribution in [1.82, 2.24) is 25.1 Å². The van der Waals surface area contributed by atoms with Crippen LogP contribution in [0.1, 0.15) is 28.5 Å². The van der Waals surface area contributed by atoms with Crippen molar-refractivity contribution in [2.75, 3.05) is 13.2 Å². The number of fused-ring (bicyclic) bond motifs is 1. The normalized spacial score (nSPS) is 14.5. The maximum Gasteiger partial charge on any atom is 0.269 e. The number of aliphatic hydroxyl groups excluding tert-OH is 1. The van der Waals surface area contributed by atoms with E-state index in [4.69, 9.17) is 10.8 Å². The number of carbonyl (C=O) groups is 1. The van der Waals surface area contributed by atoms with E-state index in [-0.39, 0.29) is 18.6 Å². The molecule has 0 fully saturated rings. The summed E-state index contributed by atoms with van der Waals surface area (Å²) in [6.07, 6.45) is 2.20. The zero-order valence-corrected chi connectivity index (χ0v) is 14.7. The van der Waals surface area contributed by atoms with E-state index < -0.39 is 0 Å². The number of amides is 1. The van der Waals surface area contributed by atoms with Crippen molar-refractivity contribution in [2.45, 2.75) is 19.0 Å². The Morgan fingerprint density at radius 2 is 2.04 bits per heavy atom. The summed E-state index contributed by atoms with van der Waals surface area (Å²) in [7, 11) is 0. The van der Waals surface area contributed by atoms with Crippen LogP contribution in [0.5, 0.6) is 0 Å².